The fraction of sp³-hybridized carbons (Fsp3) is 0. The van der Waals surface area contributed by atoms with Gasteiger partial charge in [0.15, 0.2) is 0 Å². The number of pyridine rings is 1. The molecule has 0 radical (unpaired) electrons. The highest BCUT2D eigenvalue weighted by Crippen LogP contribution is 2.27. The van der Waals surface area contributed by atoms with Gasteiger partial charge in [0.05, 0.1) is 0 Å². The molecule has 0 saturated heterocycles. The summed E-state index contributed by atoms with van der Waals surface area (Å²) >= 11 is 6.82. The van der Waals surface area contributed by atoms with Gasteiger partial charge in [0.1, 0.15) is 15.9 Å². The number of halogens is 1. The minimum absolute atomic E-state index is 0.124. The van der Waals surface area contributed by atoms with Crippen molar-refractivity contribution in [3.8, 4) is 5.75 Å². The SMILES string of the molecule is C=CSc1nc(Cl)ccc1O. The Labute approximate surface area is 73.9 Å². The van der Waals surface area contributed by atoms with E-state index in [-0.39, 0.29) is 5.75 Å². The highest BCUT2D eigenvalue weighted by Gasteiger charge is 2.01. The van der Waals surface area contributed by atoms with Gasteiger partial charge in [-0.3, -0.25) is 0 Å². The molecule has 1 N–H and O–H groups in total. The van der Waals surface area contributed by atoms with Crippen molar-refractivity contribution < 1.29 is 5.11 Å². The van der Waals surface area contributed by atoms with Crippen LogP contribution in [0.1, 0.15) is 0 Å². The third kappa shape index (κ3) is 2.13. The second-order valence-electron chi connectivity index (χ2n) is 1.74. The number of hydrogen-bond acceptors (Lipinski definition) is 3. The van der Waals surface area contributed by atoms with Crippen LogP contribution in [-0.4, -0.2) is 10.1 Å². The average molecular weight is 188 g/mol. The summed E-state index contributed by atoms with van der Waals surface area (Å²) in [7, 11) is 0. The van der Waals surface area contributed by atoms with Crippen LogP contribution >= 0.6 is 23.4 Å². The summed E-state index contributed by atoms with van der Waals surface area (Å²) < 4.78 is 0. The van der Waals surface area contributed by atoms with E-state index in [9.17, 15) is 5.11 Å². The van der Waals surface area contributed by atoms with Crippen LogP contribution in [0, 0.1) is 0 Å². The highest BCUT2D eigenvalue weighted by atomic mass is 35.5. The van der Waals surface area contributed by atoms with Crippen molar-refractivity contribution in [2.75, 3.05) is 0 Å². The summed E-state index contributed by atoms with van der Waals surface area (Å²) in [6.07, 6.45) is 0. The molecule has 0 aliphatic carbocycles. The van der Waals surface area contributed by atoms with Crippen LogP contribution in [0.2, 0.25) is 5.15 Å². The molecule has 2 nitrogen and oxygen atoms in total. The number of rotatable bonds is 2. The Bertz CT molecular complexity index is 277. The fourth-order valence-corrected chi connectivity index (χ4v) is 1.27. The Balaban J connectivity index is 3.01. The van der Waals surface area contributed by atoms with E-state index in [0.29, 0.717) is 10.2 Å². The zero-order valence-corrected chi connectivity index (χ0v) is 7.19. The third-order valence-electron chi connectivity index (χ3n) is 1.00. The number of aromatic hydroxyl groups is 1. The molecule has 4 heteroatoms. The molecular weight excluding hydrogens is 182 g/mol. The van der Waals surface area contributed by atoms with Gasteiger partial charge in [-0.1, -0.05) is 29.9 Å². The van der Waals surface area contributed by atoms with E-state index in [2.05, 4.69) is 11.6 Å². The van der Waals surface area contributed by atoms with Crippen LogP contribution in [0.3, 0.4) is 0 Å². The van der Waals surface area contributed by atoms with Gasteiger partial charge < -0.3 is 5.11 Å². The van der Waals surface area contributed by atoms with Crippen LogP contribution in [0.4, 0.5) is 0 Å². The van der Waals surface area contributed by atoms with Gasteiger partial charge in [0.2, 0.25) is 0 Å². The van der Waals surface area contributed by atoms with Crippen molar-refractivity contribution in [2.24, 2.45) is 0 Å². The first-order valence-electron chi connectivity index (χ1n) is 2.87. The second kappa shape index (κ2) is 3.64. The molecule has 0 bridgehead atoms. The van der Waals surface area contributed by atoms with Crippen LogP contribution in [0.15, 0.2) is 29.1 Å². The largest absolute Gasteiger partial charge is 0.505 e. The monoisotopic (exact) mass is 187 g/mol. The average Bonchev–Trinajstić information content (AvgIpc) is 1.98. The Morgan fingerprint density at radius 3 is 3.00 bits per heavy atom. The van der Waals surface area contributed by atoms with E-state index in [1.807, 2.05) is 0 Å². The molecule has 0 spiro atoms. The normalized spacial score (nSPS) is 9.55. The first kappa shape index (κ1) is 8.43. The lowest BCUT2D eigenvalue weighted by molar-refractivity contribution is 0.457. The lowest BCUT2D eigenvalue weighted by Gasteiger charge is -1.98. The van der Waals surface area contributed by atoms with Crippen molar-refractivity contribution in [1.29, 1.82) is 0 Å². The summed E-state index contributed by atoms with van der Waals surface area (Å²) in [6.45, 7) is 3.50. The molecule has 0 aromatic carbocycles. The van der Waals surface area contributed by atoms with E-state index in [0.717, 1.165) is 0 Å². The first-order valence-corrected chi connectivity index (χ1v) is 4.13. The molecule has 0 aliphatic heterocycles. The Morgan fingerprint density at radius 2 is 2.36 bits per heavy atom. The van der Waals surface area contributed by atoms with E-state index >= 15 is 0 Å². The van der Waals surface area contributed by atoms with E-state index in [1.54, 1.807) is 5.41 Å². The number of hydrogen-bond donors (Lipinski definition) is 1. The predicted molar refractivity (Wildman–Crippen MR) is 47.0 cm³/mol. The molecule has 11 heavy (non-hydrogen) atoms. The maximum atomic E-state index is 9.18. The molecular formula is C7H6ClNOS. The van der Waals surface area contributed by atoms with E-state index in [4.69, 9.17) is 11.6 Å². The molecule has 1 aromatic rings. The summed E-state index contributed by atoms with van der Waals surface area (Å²) in [5.41, 5.74) is 0. The number of nitrogens with zero attached hydrogens (tertiary/aromatic N) is 1. The van der Waals surface area contributed by atoms with Crippen LogP contribution in [0.25, 0.3) is 0 Å². The van der Waals surface area contributed by atoms with E-state index in [1.165, 1.54) is 23.9 Å². The maximum absolute atomic E-state index is 9.18. The molecule has 1 aromatic heterocycles. The van der Waals surface area contributed by atoms with Crippen molar-refractivity contribution in [3.05, 3.63) is 29.3 Å². The lowest BCUT2D eigenvalue weighted by Crippen LogP contribution is -1.79. The quantitative estimate of drug-likeness (QED) is 0.571. The molecule has 0 atom stereocenters. The summed E-state index contributed by atoms with van der Waals surface area (Å²) in [6, 6.07) is 3.03. The van der Waals surface area contributed by atoms with Gasteiger partial charge in [-0.2, -0.15) is 0 Å². The van der Waals surface area contributed by atoms with Gasteiger partial charge in [-0.25, -0.2) is 4.98 Å². The van der Waals surface area contributed by atoms with Crippen molar-refractivity contribution >= 4 is 23.4 Å². The minimum Gasteiger partial charge on any atom is -0.505 e. The first-order chi connectivity index (χ1) is 5.24. The van der Waals surface area contributed by atoms with Crippen LogP contribution < -0.4 is 0 Å². The molecule has 0 unspecified atom stereocenters. The summed E-state index contributed by atoms with van der Waals surface area (Å²) in [5, 5.41) is 11.6. The Hall–Kier alpha value is -0.670. The standard InChI is InChI=1S/C7H6ClNOS/c1-2-11-7-5(10)3-4-6(8)9-7/h2-4,10H,1H2. The molecule has 0 amide bonds. The van der Waals surface area contributed by atoms with Crippen molar-refractivity contribution in [2.45, 2.75) is 5.03 Å². The lowest BCUT2D eigenvalue weighted by atomic mass is 10.5. The highest BCUT2D eigenvalue weighted by molar-refractivity contribution is 8.02. The molecule has 0 aliphatic rings. The smallest absolute Gasteiger partial charge is 0.148 e. The Kier molecular flexibility index (Phi) is 2.79. The molecule has 0 saturated carbocycles. The van der Waals surface area contributed by atoms with Gasteiger partial charge >= 0.3 is 0 Å². The second-order valence-corrected chi connectivity index (χ2v) is 3.09. The molecule has 1 rings (SSSR count). The molecule has 1 heterocycles. The summed E-state index contributed by atoms with van der Waals surface area (Å²) in [5.74, 6) is 0.124. The Morgan fingerprint density at radius 1 is 1.64 bits per heavy atom. The van der Waals surface area contributed by atoms with Gasteiger partial charge in [0.25, 0.3) is 0 Å². The van der Waals surface area contributed by atoms with Crippen molar-refractivity contribution in [1.82, 2.24) is 4.98 Å². The van der Waals surface area contributed by atoms with Crippen LogP contribution in [0.5, 0.6) is 5.75 Å². The molecule has 58 valence electrons. The van der Waals surface area contributed by atoms with Crippen LogP contribution in [-0.2, 0) is 0 Å². The predicted octanol–water partition coefficient (Wildman–Crippen LogP) is 2.68. The number of thioether (sulfide) groups is 1. The zero-order chi connectivity index (χ0) is 8.27. The number of aromatic nitrogens is 1. The summed E-state index contributed by atoms with van der Waals surface area (Å²) in [4.78, 5) is 3.87. The molecule has 0 fully saturated rings. The van der Waals surface area contributed by atoms with E-state index < -0.39 is 0 Å². The van der Waals surface area contributed by atoms with Gasteiger partial charge in [-0.15, -0.1) is 0 Å². The zero-order valence-electron chi connectivity index (χ0n) is 5.62. The third-order valence-corrected chi connectivity index (χ3v) is 1.90. The minimum atomic E-state index is 0.124. The van der Waals surface area contributed by atoms with Crippen molar-refractivity contribution in [3.63, 3.8) is 0 Å². The topological polar surface area (TPSA) is 33.1 Å². The van der Waals surface area contributed by atoms with Gasteiger partial charge in [0, 0.05) is 0 Å². The maximum Gasteiger partial charge on any atom is 0.148 e. The fourth-order valence-electron chi connectivity index (χ4n) is 0.576. The van der Waals surface area contributed by atoms with Gasteiger partial charge in [-0.05, 0) is 17.5 Å².